The van der Waals surface area contributed by atoms with Crippen LogP contribution in [0.1, 0.15) is 11.1 Å². The van der Waals surface area contributed by atoms with Crippen LogP contribution < -0.4 is 10.1 Å². The molecule has 1 saturated heterocycles. The van der Waals surface area contributed by atoms with Gasteiger partial charge < -0.3 is 10.1 Å². The second-order valence-electron chi connectivity index (χ2n) is 6.22. The lowest BCUT2D eigenvalue weighted by atomic mass is 10.0. The number of thioether (sulfide) groups is 1. The highest BCUT2D eigenvalue weighted by molar-refractivity contribution is 8.18. The van der Waals surface area contributed by atoms with Crippen LogP contribution in [-0.4, -0.2) is 18.2 Å². The van der Waals surface area contributed by atoms with Gasteiger partial charge in [0.15, 0.2) is 5.17 Å². The maximum absolute atomic E-state index is 12.4. The van der Waals surface area contributed by atoms with E-state index in [0.29, 0.717) is 10.1 Å². The van der Waals surface area contributed by atoms with Gasteiger partial charge in [0.2, 0.25) is 0 Å². The Hall–Kier alpha value is -3.05. The third-order valence-electron chi connectivity index (χ3n) is 4.34. The van der Waals surface area contributed by atoms with Gasteiger partial charge in [0.05, 0.1) is 17.7 Å². The van der Waals surface area contributed by atoms with Crippen molar-refractivity contribution in [3.8, 4) is 5.75 Å². The number of aliphatic imine (C=N–C) groups is 1. The van der Waals surface area contributed by atoms with Crippen molar-refractivity contribution in [1.29, 1.82) is 0 Å². The zero-order chi connectivity index (χ0) is 18.8. The summed E-state index contributed by atoms with van der Waals surface area (Å²) in [5.41, 5.74) is 2.88. The summed E-state index contributed by atoms with van der Waals surface area (Å²) in [6.45, 7) is 2.03. The van der Waals surface area contributed by atoms with E-state index >= 15 is 0 Å². The van der Waals surface area contributed by atoms with E-state index in [1.807, 2.05) is 73.7 Å². The Morgan fingerprint density at radius 3 is 2.59 bits per heavy atom. The molecule has 3 aromatic rings. The molecule has 4 rings (SSSR count). The van der Waals surface area contributed by atoms with Gasteiger partial charge in [-0.15, -0.1) is 0 Å². The summed E-state index contributed by atoms with van der Waals surface area (Å²) in [5, 5.41) is 5.56. The fourth-order valence-electron chi connectivity index (χ4n) is 2.95. The van der Waals surface area contributed by atoms with E-state index in [4.69, 9.17) is 4.74 Å². The maximum Gasteiger partial charge on any atom is 0.264 e. The number of hydrogen-bond acceptors (Lipinski definition) is 4. The van der Waals surface area contributed by atoms with Gasteiger partial charge in [0.1, 0.15) is 5.75 Å². The number of rotatable bonds is 3. The van der Waals surface area contributed by atoms with Crippen LogP contribution in [0.3, 0.4) is 0 Å². The Balaban J connectivity index is 1.72. The summed E-state index contributed by atoms with van der Waals surface area (Å²) in [4.78, 5) is 17.6. The second-order valence-corrected chi connectivity index (χ2v) is 7.25. The number of aryl methyl sites for hydroxylation is 1. The van der Waals surface area contributed by atoms with Gasteiger partial charge in [-0.25, -0.2) is 4.99 Å². The van der Waals surface area contributed by atoms with Crippen molar-refractivity contribution in [2.24, 2.45) is 4.99 Å². The molecule has 1 fully saturated rings. The third kappa shape index (κ3) is 3.59. The Kier molecular flexibility index (Phi) is 4.69. The Labute approximate surface area is 162 Å². The molecule has 3 aromatic carbocycles. The average Bonchev–Trinajstić information content (AvgIpc) is 3.03. The van der Waals surface area contributed by atoms with Crippen LogP contribution in [0.2, 0.25) is 0 Å². The number of methoxy groups -OCH3 is 1. The smallest absolute Gasteiger partial charge is 0.264 e. The molecule has 0 aromatic heterocycles. The normalized spacial score (nSPS) is 16.9. The van der Waals surface area contributed by atoms with Gasteiger partial charge >= 0.3 is 0 Å². The summed E-state index contributed by atoms with van der Waals surface area (Å²) >= 11 is 1.34. The number of fused-ring (bicyclic) bond motifs is 1. The second kappa shape index (κ2) is 7.29. The zero-order valence-electron chi connectivity index (χ0n) is 15.0. The number of carbonyl (C=O) groups is 1. The van der Waals surface area contributed by atoms with E-state index in [1.54, 1.807) is 7.11 Å². The van der Waals surface area contributed by atoms with Crippen molar-refractivity contribution in [2.75, 3.05) is 7.11 Å². The fraction of sp³-hybridized carbons (Fsp3) is 0.0909. The number of hydrogen-bond donors (Lipinski definition) is 1. The first-order chi connectivity index (χ1) is 13.1. The first-order valence-electron chi connectivity index (χ1n) is 8.56. The van der Waals surface area contributed by atoms with Crippen LogP contribution in [0.15, 0.2) is 70.6 Å². The van der Waals surface area contributed by atoms with Crippen LogP contribution in [0.25, 0.3) is 16.8 Å². The van der Waals surface area contributed by atoms with Gasteiger partial charge in [0.25, 0.3) is 5.91 Å². The third-order valence-corrected chi connectivity index (χ3v) is 5.25. The minimum absolute atomic E-state index is 0.152. The molecule has 1 amide bonds. The number of nitrogens with one attached hydrogen (secondary N) is 1. The molecule has 0 unspecified atom stereocenters. The summed E-state index contributed by atoms with van der Waals surface area (Å²) in [5.74, 6) is 0.583. The van der Waals surface area contributed by atoms with Gasteiger partial charge in [-0.05, 0) is 53.7 Å². The van der Waals surface area contributed by atoms with Crippen molar-refractivity contribution in [1.82, 2.24) is 5.32 Å². The summed E-state index contributed by atoms with van der Waals surface area (Å²) in [6, 6.07) is 19.9. The van der Waals surface area contributed by atoms with Crippen molar-refractivity contribution in [3.63, 3.8) is 0 Å². The van der Waals surface area contributed by atoms with Gasteiger partial charge in [0, 0.05) is 5.56 Å². The number of benzene rings is 3. The van der Waals surface area contributed by atoms with E-state index in [9.17, 15) is 4.79 Å². The van der Waals surface area contributed by atoms with Gasteiger partial charge in [-0.3, -0.25) is 4.79 Å². The molecule has 0 radical (unpaired) electrons. The molecule has 1 heterocycles. The molecule has 134 valence electrons. The molecule has 0 bridgehead atoms. The van der Waals surface area contributed by atoms with E-state index < -0.39 is 0 Å². The molecule has 4 nitrogen and oxygen atoms in total. The SMILES string of the molecule is COc1ccc2ccccc2c1/C=C1\SC(=Nc2ccc(C)cc2)NC1=O. The molecule has 27 heavy (non-hydrogen) atoms. The number of amidine groups is 1. The molecule has 1 aliphatic heterocycles. The molecule has 0 aliphatic carbocycles. The van der Waals surface area contributed by atoms with E-state index in [0.717, 1.165) is 27.8 Å². The number of carbonyl (C=O) groups excluding carboxylic acids is 1. The lowest BCUT2D eigenvalue weighted by Crippen LogP contribution is -2.19. The monoisotopic (exact) mass is 374 g/mol. The van der Waals surface area contributed by atoms with Crippen LogP contribution in [0.5, 0.6) is 5.75 Å². The Morgan fingerprint density at radius 1 is 1.04 bits per heavy atom. The molecule has 5 heteroatoms. The number of amides is 1. The Bertz CT molecular complexity index is 1090. The highest BCUT2D eigenvalue weighted by Gasteiger charge is 2.24. The minimum Gasteiger partial charge on any atom is -0.496 e. The summed E-state index contributed by atoms with van der Waals surface area (Å²) in [7, 11) is 1.64. The van der Waals surface area contributed by atoms with E-state index in [-0.39, 0.29) is 5.91 Å². The lowest BCUT2D eigenvalue weighted by Gasteiger charge is -2.09. The topological polar surface area (TPSA) is 50.7 Å². The van der Waals surface area contributed by atoms with E-state index in [1.165, 1.54) is 17.3 Å². The average molecular weight is 374 g/mol. The molecule has 0 saturated carbocycles. The van der Waals surface area contributed by atoms with Crippen molar-refractivity contribution in [3.05, 3.63) is 76.7 Å². The van der Waals surface area contributed by atoms with Gasteiger partial charge in [-0.2, -0.15) is 0 Å². The molecule has 0 atom stereocenters. The van der Waals surface area contributed by atoms with E-state index in [2.05, 4.69) is 10.3 Å². The van der Waals surface area contributed by atoms with Crippen LogP contribution >= 0.6 is 11.8 Å². The van der Waals surface area contributed by atoms with Crippen LogP contribution in [0.4, 0.5) is 5.69 Å². The van der Waals surface area contributed by atoms with Crippen molar-refractivity contribution < 1.29 is 9.53 Å². The molecule has 1 N–H and O–H groups in total. The highest BCUT2D eigenvalue weighted by atomic mass is 32.2. The predicted octanol–water partition coefficient (Wildman–Crippen LogP) is 5.05. The zero-order valence-corrected chi connectivity index (χ0v) is 15.8. The summed E-state index contributed by atoms with van der Waals surface area (Å²) in [6.07, 6.45) is 1.87. The fourth-order valence-corrected chi connectivity index (χ4v) is 3.77. The van der Waals surface area contributed by atoms with Crippen molar-refractivity contribution in [2.45, 2.75) is 6.92 Å². The van der Waals surface area contributed by atoms with Gasteiger partial charge in [-0.1, -0.05) is 48.0 Å². The lowest BCUT2D eigenvalue weighted by molar-refractivity contribution is -0.115. The van der Waals surface area contributed by atoms with Crippen LogP contribution in [0, 0.1) is 6.92 Å². The largest absolute Gasteiger partial charge is 0.496 e. The molecule has 1 aliphatic rings. The van der Waals surface area contributed by atoms with Crippen LogP contribution in [-0.2, 0) is 4.79 Å². The highest BCUT2D eigenvalue weighted by Crippen LogP contribution is 2.34. The molecule has 0 spiro atoms. The molecular weight excluding hydrogens is 356 g/mol. The summed E-state index contributed by atoms with van der Waals surface area (Å²) < 4.78 is 5.52. The Morgan fingerprint density at radius 2 is 1.81 bits per heavy atom. The minimum atomic E-state index is -0.152. The van der Waals surface area contributed by atoms with Crippen molar-refractivity contribution >= 4 is 45.4 Å². The first-order valence-corrected chi connectivity index (χ1v) is 9.38. The predicted molar refractivity (Wildman–Crippen MR) is 112 cm³/mol. The number of ether oxygens (including phenoxy) is 1. The standard InChI is InChI=1S/C22H18N2O2S/c1-14-7-10-16(11-8-14)23-22-24-21(25)20(27-22)13-18-17-6-4-3-5-15(17)9-12-19(18)26-2/h3-13H,1-2H3,(H,23,24,25)/b20-13-. The maximum atomic E-state index is 12.4. The quantitative estimate of drug-likeness (QED) is 0.653. The molecular formula is C22H18N2O2S. The first kappa shape index (κ1) is 17.4. The number of nitrogens with zero attached hydrogens (tertiary/aromatic N) is 1.